The van der Waals surface area contributed by atoms with Crippen LogP contribution in [0.3, 0.4) is 0 Å². The Hall–Kier alpha value is -1.48. The SMILES string of the molecule is C[C@@H](N[S+]([O-])C(C)(C)C)c1cc(F)cc2c(=O)n(C3CC3)c(C3(C)CCOCC3)nc12. The number of fused-ring (bicyclic) bond motifs is 1. The largest absolute Gasteiger partial charge is 0.598 e. The van der Waals surface area contributed by atoms with Crippen molar-refractivity contribution in [2.24, 2.45) is 0 Å². The Morgan fingerprint density at radius 2 is 1.97 bits per heavy atom. The zero-order chi connectivity index (χ0) is 22.6. The molecule has 0 spiro atoms. The van der Waals surface area contributed by atoms with E-state index in [1.54, 1.807) is 0 Å². The van der Waals surface area contributed by atoms with Crippen LogP contribution in [-0.2, 0) is 21.5 Å². The normalized spacial score (nSPS) is 21.3. The van der Waals surface area contributed by atoms with Gasteiger partial charge in [-0.2, -0.15) is 0 Å². The molecule has 2 aromatic rings. The maximum absolute atomic E-state index is 14.6. The fourth-order valence-corrected chi connectivity index (χ4v) is 4.97. The van der Waals surface area contributed by atoms with Crippen molar-refractivity contribution in [2.75, 3.05) is 13.2 Å². The summed E-state index contributed by atoms with van der Waals surface area (Å²) in [6.45, 7) is 10.9. The molecule has 2 heterocycles. The topological polar surface area (TPSA) is 79.2 Å². The van der Waals surface area contributed by atoms with Crippen LogP contribution in [0.4, 0.5) is 4.39 Å². The van der Waals surface area contributed by atoms with Gasteiger partial charge in [0.25, 0.3) is 5.56 Å². The number of halogens is 1. The van der Waals surface area contributed by atoms with E-state index in [9.17, 15) is 13.7 Å². The van der Waals surface area contributed by atoms with Gasteiger partial charge >= 0.3 is 0 Å². The van der Waals surface area contributed by atoms with Crippen LogP contribution in [0.15, 0.2) is 16.9 Å². The number of hydrogen-bond acceptors (Lipinski definition) is 5. The second kappa shape index (κ2) is 8.14. The fraction of sp³-hybridized carbons (Fsp3) is 0.652. The van der Waals surface area contributed by atoms with Crippen LogP contribution in [0.2, 0.25) is 0 Å². The number of hydrogen-bond donors (Lipinski definition) is 1. The van der Waals surface area contributed by atoms with E-state index in [1.807, 2.05) is 32.3 Å². The first-order valence-electron chi connectivity index (χ1n) is 11.0. The molecular formula is C23H32FN3O3S. The van der Waals surface area contributed by atoms with Gasteiger partial charge in [0.2, 0.25) is 0 Å². The van der Waals surface area contributed by atoms with Crippen LogP contribution < -0.4 is 10.3 Å². The van der Waals surface area contributed by atoms with Crippen LogP contribution >= 0.6 is 0 Å². The molecule has 6 nitrogen and oxygen atoms in total. The van der Waals surface area contributed by atoms with Crippen molar-refractivity contribution in [3.05, 3.63) is 39.7 Å². The quantitative estimate of drug-likeness (QED) is 0.697. The lowest BCUT2D eigenvalue weighted by Gasteiger charge is -2.35. The first kappa shape index (κ1) is 22.7. The fourth-order valence-electron chi connectivity index (χ4n) is 4.17. The van der Waals surface area contributed by atoms with Crippen molar-refractivity contribution < 1.29 is 13.7 Å². The summed E-state index contributed by atoms with van der Waals surface area (Å²) in [6.07, 6.45) is 3.46. The molecule has 2 fully saturated rings. The molecule has 8 heteroatoms. The van der Waals surface area contributed by atoms with Gasteiger partial charge in [0.05, 0.1) is 16.9 Å². The number of aromatic nitrogens is 2. The summed E-state index contributed by atoms with van der Waals surface area (Å²) in [5.41, 5.74) is 0.603. The maximum atomic E-state index is 14.6. The van der Waals surface area contributed by atoms with E-state index in [4.69, 9.17) is 9.72 Å². The number of benzene rings is 1. The molecule has 1 aromatic carbocycles. The lowest BCUT2D eigenvalue weighted by molar-refractivity contribution is 0.0518. The van der Waals surface area contributed by atoms with Gasteiger partial charge < -0.3 is 9.29 Å². The van der Waals surface area contributed by atoms with E-state index in [0.29, 0.717) is 24.3 Å². The van der Waals surface area contributed by atoms with Gasteiger partial charge in [-0.3, -0.25) is 9.36 Å². The number of rotatable bonds is 5. The average molecular weight is 450 g/mol. The van der Waals surface area contributed by atoms with Gasteiger partial charge in [-0.15, -0.1) is 4.72 Å². The van der Waals surface area contributed by atoms with Crippen LogP contribution in [-0.4, -0.2) is 32.1 Å². The Morgan fingerprint density at radius 3 is 2.55 bits per heavy atom. The van der Waals surface area contributed by atoms with E-state index in [0.717, 1.165) is 31.5 Å². The molecule has 1 aliphatic carbocycles. The minimum Gasteiger partial charge on any atom is -0.598 e. The lowest BCUT2D eigenvalue weighted by Crippen LogP contribution is -2.41. The summed E-state index contributed by atoms with van der Waals surface area (Å²) < 4.78 is 37.2. The van der Waals surface area contributed by atoms with Crippen LogP contribution in [0, 0.1) is 5.82 Å². The molecule has 1 unspecified atom stereocenters. The third-order valence-corrected chi connectivity index (χ3v) is 8.03. The zero-order valence-electron chi connectivity index (χ0n) is 19.0. The van der Waals surface area contributed by atoms with E-state index in [1.165, 1.54) is 12.1 Å². The molecule has 0 amide bonds. The second-order valence-corrected chi connectivity index (χ2v) is 12.1. The average Bonchev–Trinajstić information content (AvgIpc) is 3.52. The van der Waals surface area contributed by atoms with Crippen molar-refractivity contribution in [1.82, 2.24) is 14.3 Å². The predicted octanol–water partition coefficient (Wildman–Crippen LogP) is 4.05. The molecule has 1 saturated carbocycles. The highest BCUT2D eigenvalue weighted by Crippen LogP contribution is 2.41. The molecule has 0 bridgehead atoms. The molecule has 170 valence electrons. The van der Waals surface area contributed by atoms with Crippen LogP contribution in [0.1, 0.15) is 83.8 Å². The van der Waals surface area contributed by atoms with Crippen LogP contribution in [0.5, 0.6) is 0 Å². The second-order valence-electron chi connectivity index (χ2n) is 10.1. The Balaban J connectivity index is 1.89. The van der Waals surface area contributed by atoms with Crippen molar-refractivity contribution in [1.29, 1.82) is 0 Å². The van der Waals surface area contributed by atoms with Crippen molar-refractivity contribution in [3.8, 4) is 0 Å². The van der Waals surface area contributed by atoms with Gasteiger partial charge in [-0.25, -0.2) is 9.37 Å². The smallest absolute Gasteiger partial charge is 0.261 e. The lowest BCUT2D eigenvalue weighted by atomic mass is 9.81. The molecule has 2 atom stereocenters. The minimum absolute atomic E-state index is 0.134. The first-order valence-corrected chi connectivity index (χ1v) is 12.2. The molecule has 0 radical (unpaired) electrons. The van der Waals surface area contributed by atoms with E-state index in [-0.39, 0.29) is 22.4 Å². The van der Waals surface area contributed by atoms with Gasteiger partial charge in [-0.1, -0.05) is 6.92 Å². The summed E-state index contributed by atoms with van der Waals surface area (Å²) in [5.74, 6) is 0.289. The molecule has 1 aromatic heterocycles. The third-order valence-electron chi connectivity index (χ3n) is 6.35. The van der Waals surface area contributed by atoms with Gasteiger partial charge in [0.1, 0.15) is 16.4 Å². The third kappa shape index (κ3) is 4.40. The summed E-state index contributed by atoms with van der Waals surface area (Å²) in [4.78, 5) is 18.6. The molecule has 1 N–H and O–H groups in total. The van der Waals surface area contributed by atoms with E-state index >= 15 is 0 Å². The Morgan fingerprint density at radius 1 is 1.32 bits per heavy atom. The summed E-state index contributed by atoms with van der Waals surface area (Å²) in [5, 5.41) is 0.288. The van der Waals surface area contributed by atoms with Crippen molar-refractivity contribution in [3.63, 3.8) is 0 Å². The van der Waals surface area contributed by atoms with Gasteiger partial charge in [0.15, 0.2) is 0 Å². The molecule has 31 heavy (non-hydrogen) atoms. The highest BCUT2D eigenvalue weighted by Gasteiger charge is 2.39. The standard InChI is InChI=1S/C23H32FN3O3S/c1-14(26-31(29)22(2,3)4)17-12-15(24)13-18-19(17)25-21(23(5)8-10-30-11-9-23)27(20(18)28)16-6-7-16/h12-14,16,26H,6-11H2,1-5H3/t14-,31?/m1/s1. The number of nitrogens with zero attached hydrogens (tertiary/aromatic N) is 2. The van der Waals surface area contributed by atoms with E-state index in [2.05, 4.69) is 11.6 Å². The zero-order valence-corrected chi connectivity index (χ0v) is 19.8. The predicted molar refractivity (Wildman–Crippen MR) is 121 cm³/mol. The van der Waals surface area contributed by atoms with E-state index < -0.39 is 28.0 Å². The number of ether oxygens (including phenoxy) is 1. The van der Waals surface area contributed by atoms with Crippen molar-refractivity contribution >= 4 is 22.3 Å². The van der Waals surface area contributed by atoms with Crippen LogP contribution in [0.25, 0.3) is 10.9 Å². The Labute approximate surface area is 185 Å². The monoisotopic (exact) mass is 449 g/mol. The van der Waals surface area contributed by atoms with Gasteiger partial charge in [-0.05, 0) is 65.5 Å². The molecule has 2 aliphatic rings. The summed E-state index contributed by atoms with van der Waals surface area (Å²) in [7, 11) is 0. The maximum Gasteiger partial charge on any atom is 0.261 e. The van der Waals surface area contributed by atoms with Crippen molar-refractivity contribution in [2.45, 2.75) is 82.5 Å². The highest BCUT2D eigenvalue weighted by atomic mass is 32.2. The van der Waals surface area contributed by atoms with Gasteiger partial charge in [0, 0.05) is 41.6 Å². The molecule has 4 rings (SSSR count). The summed E-state index contributed by atoms with van der Waals surface area (Å²) >= 11 is -1.34. The summed E-state index contributed by atoms with van der Waals surface area (Å²) in [6, 6.07) is 2.40. The minimum atomic E-state index is -1.34. The Bertz CT molecular complexity index is 1040. The molecule has 1 saturated heterocycles. The Kier molecular flexibility index (Phi) is 5.96. The highest BCUT2D eigenvalue weighted by molar-refractivity contribution is 7.90. The molecular weight excluding hydrogens is 417 g/mol. The number of nitrogens with one attached hydrogen (secondary N) is 1. The first-order chi connectivity index (χ1) is 14.5. The molecule has 1 aliphatic heterocycles.